The number of benzene rings is 1. The molecule has 0 aliphatic rings. The average Bonchev–Trinajstić information content (AvgIpc) is 2.43. The fourth-order valence-corrected chi connectivity index (χ4v) is 2.69. The van der Waals surface area contributed by atoms with Crippen molar-refractivity contribution in [3.05, 3.63) is 53.1 Å². The Labute approximate surface area is 131 Å². The summed E-state index contributed by atoms with van der Waals surface area (Å²) in [6.45, 7) is 0. The number of nitrogens with one attached hydrogen (secondary N) is 1. The molecule has 110 valence electrons. The molecule has 3 N–H and O–H groups in total. The van der Waals surface area contributed by atoms with Crippen molar-refractivity contribution in [2.75, 3.05) is 4.72 Å². The van der Waals surface area contributed by atoms with Crippen LogP contribution in [0.1, 0.15) is 5.69 Å². The summed E-state index contributed by atoms with van der Waals surface area (Å²) in [6, 6.07) is 6.27. The van der Waals surface area contributed by atoms with Crippen molar-refractivity contribution in [1.29, 1.82) is 0 Å². The molecule has 1 aromatic heterocycles. The standard InChI is InChI=1S/C12H9ClFN3O2S2/c13-9-3-1-7(5-10(9)14)17-21(18,19)8-2-4-11(12(15)20)16-6-8/h1-6,17H,(H2,15,20). The molecule has 0 aliphatic carbocycles. The maximum atomic E-state index is 13.3. The van der Waals surface area contributed by atoms with Gasteiger partial charge >= 0.3 is 0 Å². The van der Waals surface area contributed by atoms with Crippen LogP contribution in [0.4, 0.5) is 10.1 Å². The number of nitrogens with zero attached hydrogens (tertiary/aromatic N) is 1. The highest BCUT2D eigenvalue weighted by Gasteiger charge is 2.15. The molecule has 1 heterocycles. The second-order valence-corrected chi connectivity index (χ2v) is 6.51. The second-order valence-electron chi connectivity index (χ2n) is 3.98. The van der Waals surface area contributed by atoms with Crippen LogP contribution >= 0.6 is 23.8 Å². The Hall–Kier alpha value is -1.77. The van der Waals surface area contributed by atoms with Gasteiger partial charge in [-0.25, -0.2) is 12.8 Å². The van der Waals surface area contributed by atoms with Crippen LogP contribution in [-0.4, -0.2) is 18.4 Å². The minimum absolute atomic E-state index is 0.0512. The smallest absolute Gasteiger partial charge is 0.263 e. The van der Waals surface area contributed by atoms with Gasteiger partial charge in [0.05, 0.1) is 16.4 Å². The Morgan fingerprint density at radius 2 is 2.05 bits per heavy atom. The number of nitrogens with two attached hydrogens (primary N) is 1. The number of pyridine rings is 1. The summed E-state index contributed by atoms with van der Waals surface area (Å²) >= 11 is 10.3. The lowest BCUT2D eigenvalue weighted by Gasteiger charge is -2.08. The van der Waals surface area contributed by atoms with Gasteiger partial charge in [-0.3, -0.25) is 9.71 Å². The molecule has 0 spiro atoms. The molecule has 5 nitrogen and oxygen atoms in total. The Morgan fingerprint density at radius 3 is 2.57 bits per heavy atom. The minimum Gasteiger partial charge on any atom is -0.388 e. The molecule has 0 radical (unpaired) electrons. The van der Waals surface area contributed by atoms with E-state index in [4.69, 9.17) is 29.6 Å². The van der Waals surface area contributed by atoms with Crippen molar-refractivity contribution in [2.24, 2.45) is 5.73 Å². The van der Waals surface area contributed by atoms with Gasteiger partial charge in [0, 0.05) is 6.20 Å². The van der Waals surface area contributed by atoms with E-state index >= 15 is 0 Å². The fraction of sp³-hybridized carbons (Fsp3) is 0. The Kier molecular flexibility index (Phi) is 4.40. The molecule has 2 rings (SSSR count). The van der Waals surface area contributed by atoms with E-state index in [-0.39, 0.29) is 20.6 Å². The number of thiocarbonyl (C=S) groups is 1. The lowest BCUT2D eigenvalue weighted by atomic mass is 10.3. The zero-order chi connectivity index (χ0) is 15.6. The van der Waals surface area contributed by atoms with Gasteiger partial charge in [0.2, 0.25) is 0 Å². The van der Waals surface area contributed by atoms with E-state index in [0.29, 0.717) is 5.69 Å². The number of hydrogen-bond donors (Lipinski definition) is 2. The van der Waals surface area contributed by atoms with Crippen LogP contribution in [0.2, 0.25) is 5.02 Å². The predicted molar refractivity (Wildman–Crippen MR) is 82.3 cm³/mol. The van der Waals surface area contributed by atoms with Gasteiger partial charge in [-0.1, -0.05) is 23.8 Å². The Bertz CT molecular complexity index is 795. The molecule has 0 aliphatic heterocycles. The summed E-state index contributed by atoms with van der Waals surface area (Å²) in [4.78, 5) is 3.80. The second kappa shape index (κ2) is 5.92. The Balaban J connectivity index is 2.29. The number of aromatic nitrogens is 1. The maximum absolute atomic E-state index is 13.3. The van der Waals surface area contributed by atoms with Crippen molar-refractivity contribution in [3.8, 4) is 0 Å². The first kappa shape index (κ1) is 15.6. The summed E-state index contributed by atoms with van der Waals surface area (Å²) in [5.41, 5.74) is 5.74. The van der Waals surface area contributed by atoms with Crippen molar-refractivity contribution < 1.29 is 12.8 Å². The van der Waals surface area contributed by atoms with E-state index in [1.54, 1.807) is 0 Å². The normalized spacial score (nSPS) is 11.1. The molecule has 0 atom stereocenters. The Morgan fingerprint density at radius 1 is 1.33 bits per heavy atom. The molecule has 2 aromatic rings. The molecular weight excluding hydrogens is 337 g/mol. The number of hydrogen-bond acceptors (Lipinski definition) is 4. The molecule has 9 heteroatoms. The van der Waals surface area contributed by atoms with E-state index < -0.39 is 15.8 Å². The van der Waals surface area contributed by atoms with E-state index in [0.717, 1.165) is 12.3 Å². The summed E-state index contributed by atoms with van der Waals surface area (Å²) < 4.78 is 39.7. The van der Waals surface area contributed by atoms with Crippen molar-refractivity contribution in [2.45, 2.75) is 4.90 Å². The number of rotatable bonds is 4. The highest BCUT2D eigenvalue weighted by molar-refractivity contribution is 7.92. The lowest BCUT2D eigenvalue weighted by molar-refractivity contribution is 0.600. The number of anilines is 1. The molecule has 0 fully saturated rings. The van der Waals surface area contributed by atoms with Crippen molar-refractivity contribution >= 4 is 44.5 Å². The van der Waals surface area contributed by atoms with Gasteiger partial charge in [-0.2, -0.15) is 0 Å². The number of halogens is 2. The van der Waals surface area contributed by atoms with Gasteiger partial charge < -0.3 is 5.73 Å². The quantitative estimate of drug-likeness (QED) is 0.830. The zero-order valence-electron chi connectivity index (χ0n) is 10.4. The molecule has 1 aromatic carbocycles. The lowest BCUT2D eigenvalue weighted by Crippen LogP contribution is -2.15. The molecule has 0 saturated carbocycles. The third-order valence-corrected chi connectivity index (χ3v) is 4.35. The average molecular weight is 346 g/mol. The fourth-order valence-electron chi connectivity index (χ4n) is 1.46. The molecule has 0 bridgehead atoms. The van der Waals surface area contributed by atoms with Crippen LogP contribution in [0.5, 0.6) is 0 Å². The highest BCUT2D eigenvalue weighted by Crippen LogP contribution is 2.21. The van der Waals surface area contributed by atoms with Crippen LogP contribution in [-0.2, 0) is 10.0 Å². The SMILES string of the molecule is NC(=S)c1ccc(S(=O)(=O)Nc2ccc(Cl)c(F)c2)cn1. The van der Waals surface area contributed by atoms with Gasteiger partial charge in [-0.15, -0.1) is 0 Å². The van der Waals surface area contributed by atoms with Gasteiger partial charge in [-0.05, 0) is 30.3 Å². The topological polar surface area (TPSA) is 85.1 Å². The molecule has 0 amide bonds. The third kappa shape index (κ3) is 3.66. The van der Waals surface area contributed by atoms with E-state index in [1.807, 2.05) is 0 Å². The summed E-state index contributed by atoms with van der Waals surface area (Å²) in [7, 11) is -3.89. The predicted octanol–water partition coefficient (Wildman–Crippen LogP) is 2.31. The van der Waals surface area contributed by atoms with Gasteiger partial charge in [0.25, 0.3) is 10.0 Å². The summed E-state index contributed by atoms with van der Waals surface area (Å²) in [5, 5.41) is -0.0968. The molecule has 21 heavy (non-hydrogen) atoms. The van der Waals surface area contributed by atoms with E-state index in [2.05, 4.69) is 9.71 Å². The van der Waals surface area contributed by atoms with Crippen LogP contribution < -0.4 is 10.5 Å². The first-order valence-electron chi connectivity index (χ1n) is 5.53. The van der Waals surface area contributed by atoms with Gasteiger partial charge in [0.15, 0.2) is 0 Å². The van der Waals surface area contributed by atoms with Crippen LogP contribution in [0.25, 0.3) is 0 Å². The largest absolute Gasteiger partial charge is 0.388 e. The van der Waals surface area contributed by atoms with Crippen LogP contribution in [0, 0.1) is 5.82 Å². The highest BCUT2D eigenvalue weighted by atomic mass is 35.5. The van der Waals surface area contributed by atoms with Crippen molar-refractivity contribution in [1.82, 2.24) is 4.98 Å². The first-order chi connectivity index (χ1) is 9.79. The third-order valence-electron chi connectivity index (χ3n) is 2.47. The number of sulfonamides is 1. The monoisotopic (exact) mass is 345 g/mol. The van der Waals surface area contributed by atoms with E-state index in [9.17, 15) is 12.8 Å². The molecule has 0 saturated heterocycles. The summed E-state index contributed by atoms with van der Waals surface area (Å²) in [6.07, 6.45) is 1.11. The first-order valence-corrected chi connectivity index (χ1v) is 7.80. The maximum Gasteiger partial charge on any atom is 0.263 e. The van der Waals surface area contributed by atoms with Gasteiger partial charge in [0.1, 0.15) is 15.7 Å². The van der Waals surface area contributed by atoms with E-state index in [1.165, 1.54) is 24.3 Å². The zero-order valence-corrected chi connectivity index (χ0v) is 12.8. The molecular formula is C12H9ClFN3O2S2. The minimum atomic E-state index is -3.89. The van der Waals surface area contributed by atoms with Crippen LogP contribution in [0.3, 0.4) is 0 Å². The van der Waals surface area contributed by atoms with Crippen molar-refractivity contribution in [3.63, 3.8) is 0 Å². The van der Waals surface area contributed by atoms with Crippen LogP contribution in [0.15, 0.2) is 41.4 Å². The molecule has 0 unspecified atom stereocenters. The summed E-state index contributed by atoms with van der Waals surface area (Å²) in [5.74, 6) is -0.723.